The number of aromatic nitrogens is 2. The molecule has 1 aliphatic rings. The summed E-state index contributed by atoms with van der Waals surface area (Å²) in [6, 6.07) is 7.52. The summed E-state index contributed by atoms with van der Waals surface area (Å²) in [5.74, 6) is -0.287. The van der Waals surface area contributed by atoms with Gasteiger partial charge in [0, 0.05) is 13.1 Å². The number of benzene rings is 1. The Morgan fingerprint density at radius 3 is 2.59 bits per heavy atom. The molecular formula is C15H14ClFN4O. The Bertz CT molecular complexity index is 666. The molecular weight excluding hydrogens is 307 g/mol. The molecule has 0 atom stereocenters. The van der Waals surface area contributed by atoms with Crippen LogP contribution in [-0.2, 0) is 0 Å². The highest BCUT2D eigenvalue weighted by Gasteiger charge is 2.17. The average Bonchev–Trinajstić information content (AvgIpc) is 3.02. The molecule has 1 amide bonds. The van der Waals surface area contributed by atoms with Gasteiger partial charge in [-0.2, -0.15) is 0 Å². The van der Waals surface area contributed by atoms with Gasteiger partial charge in [0.05, 0.1) is 10.6 Å². The Kier molecular flexibility index (Phi) is 4.20. The van der Waals surface area contributed by atoms with Crippen LogP contribution in [0, 0.1) is 5.82 Å². The Morgan fingerprint density at radius 1 is 1.18 bits per heavy atom. The van der Waals surface area contributed by atoms with Crippen molar-refractivity contribution in [3.63, 3.8) is 0 Å². The third kappa shape index (κ3) is 3.01. The van der Waals surface area contributed by atoms with Gasteiger partial charge in [-0.3, -0.25) is 4.79 Å². The zero-order valence-electron chi connectivity index (χ0n) is 11.7. The lowest BCUT2D eigenvalue weighted by Crippen LogP contribution is -2.20. The zero-order chi connectivity index (χ0) is 15.5. The van der Waals surface area contributed by atoms with E-state index in [9.17, 15) is 9.18 Å². The maximum absolute atomic E-state index is 13.7. The summed E-state index contributed by atoms with van der Waals surface area (Å²) in [5, 5.41) is 10.6. The molecule has 0 radical (unpaired) electrons. The lowest BCUT2D eigenvalue weighted by molar-refractivity contribution is 0.102. The molecule has 0 spiro atoms. The molecule has 2 aromatic rings. The van der Waals surface area contributed by atoms with Crippen molar-refractivity contribution in [3.8, 4) is 0 Å². The standard InChI is InChI=1S/C15H14ClFN4O/c16-10-4-3-5-11(17)14(10)15(22)18-12-6-7-13(20-19-12)21-8-1-2-9-21/h3-7H,1-2,8-9H2,(H,18,19,22). The number of carbonyl (C=O) groups is 1. The first kappa shape index (κ1) is 14.7. The van der Waals surface area contributed by atoms with Crippen LogP contribution in [0.3, 0.4) is 0 Å². The van der Waals surface area contributed by atoms with Crippen LogP contribution < -0.4 is 10.2 Å². The molecule has 7 heteroatoms. The van der Waals surface area contributed by atoms with E-state index in [2.05, 4.69) is 20.4 Å². The predicted molar refractivity (Wildman–Crippen MR) is 82.8 cm³/mol. The van der Waals surface area contributed by atoms with E-state index >= 15 is 0 Å². The summed E-state index contributed by atoms with van der Waals surface area (Å²) >= 11 is 5.86. The van der Waals surface area contributed by atoms with Crippen LogP contribution >= 0.6 is 11.6 Å². The Labute approximate surface area is 132 Å². The minimum absolute atomic E-state index is 0.0548. The normalized spacial score (nSPS) is 14.2. The molecule has 1 N–H and O–H groups in total. The van der Waals surface area contributed by atoms with Crippen molar-refractivity contribution in [2.24, 2.45) is 0 Å². The first-order valence-electron chi connectivity index (χ1n) is 6.99. The number of rotatable bonds is 3. The van der Waals surface area contributed by atoms with E-state index in [1.165, 1.54) is 18.2 Å². The van der Waals surface area contributed by atoms with Gasteiger partial charge in [-0.15, -0.1) is 10.2 Å². The quantitative estimate of drug-likeness (QED) is 0.944. The molecule has 114 valence electrons. The van der Waals surface area contributed by atoms with Crippen LogP contribution in [0.1, 0.15) is 23.2 Å². The van der Waals surface area contributed by atoms with Crippen LogP contribution in [0.25, 0.3) is 0 Å². The van der Waals surface area contributed by atoms with Crippen LogP contribution in [-0.4, -0.2) is 29.2 Å². The third-order valence-corrected chi connectivity index (χ3v) is 3.83. The Hall–Kier alpha value is -2.21. The first-order chi connectivity index (χ1) is 10.6. The molecule has 5 nitrogen and oxygen atoms in total. The first-order valence-corrected chi connectivity index (χ1v) is 7.37. The van der Waals surface area contributed by atoms with E-state index < -0.39 is 11.7 Å². The lowest BCUT2D eigenvalue weighted by Gasteiger charge is -2.15. The summed E-state index contributed by atoms with van der Waals surface area (Å²) < 4.78 is 13.7. The van der Waals surface area contributed by atoms with E-state index in [-0.39, 0.29) is 16.4 Å². The van der Waals surface area contributed by atoms with Crippen LogP contribution in [0.4, 0.5) is 16.0 Å². The van der Waals surface area contributed by atoms with Crippen molar-refractivity contribution < 1.29 is 9.18 Å². The van der Waals surface area contributed by atoms with Crippen molar-refractivity contribution in [2.45, 2.75) is 12.8 Å². The van der Waals surface area contributed by atoms with Gasteiger partial charge in [0.2, 0.25) is 0 Å². The van der Waals surface area contributed by atoms with E-state index in [0.29, 0.717) is 0 Å². The minimum Gasteiger partial charge on any atom is -0.355 e. The Morgan fingerprint density at radius 2 is 1.95 bits per heavy atom. The predicted octanol–water partition coefficient (Wildman–Crippen LogP) is 3.12. The second-order valence-electron chi connectivity index (χ2n) is 5.02. The van der Waals surface area contributed by atoms with Gasteiger partial charge in [0.1, 0.15) is 5.82 Å². The smallest absolute Gasteiger partial charge is 0.261 e. The van der Waals surface area contributed by atoms with E-state index in [0.717, 1.165) is 31.7 Å². The summed E-state index contributed by atoms with van der Waals surface area (Å²) in [4.78, 5) is 14.2. The maximum atomic E-state index is 13.7. The van der Waals surface area contributed by atoms with Crippen LogP contribution in [0.15, 0.2) is 30.3 Å². The Balaban J connectivity index is 1.74. The van der Waals surface area contributed by atoms with Crippen molar-refractivity contribution in [1.82, 2.24) is 10.2 Å². The minimum atomic E-state index is -0.674. The van der Waals surface area contributed by atoms with E-state index in [1.807, 2.05) is 0 Å². The molecule has 1 fully saturated rings. The van der Waals surface area contributed by atoms with Crippen molar-refractivity contribution in [2.75, 3.05) is 23.3 Å². The van der Waals surface area contributed by atoms with Crippen LogP contribution in [0.5, 0.6) is 0 Å². The largest absolute Gasteiger partial charge is 0.355 e. The molecule has 1 saturated heterocycles. The zero-order valence-corrected chi connectivity index (χ0v) is 12.5. The topological polar surface area (TPSA) is 58.1 Å². The summed E-state index contributed by atoms with van der Waals surface area (Å²) in [6.45, 7) is 1.93. The molecule has 3 rings (SSSR count). The van der Waals surface area contributed by atoms with Gasteiger partial charge in [-0.05, 0) is 37.1 Å². The highest BCUT2D eigenvalue weighted by Crippen LogP contribution is 2.21. The molecule has 2 heterocycles. The number of anilines is 2. The second kappa shape index (κ2) is 6.27. The van der Waals surface area contributed by atoms with Crippen molar-refractivity contribution in [3.05, 3.63) is 46.7 Å². The van der Waals surface area contributed by atoms with Crippen molar-refractivity contribution in [1.29, 1.82) is 0 Å². The maximum Gasteiger partial charge on any atom is 0.261 e. The number of hydrogen-bond donors (Lipinski definition) is 1. The molecule has 1 aromatic carbocycles. The molecule has 1 aromatic heterocycles. The van der Waals surface area contributed by atoms with E-state index in [4.69, 9.17) is 11.6 Å². The van der Waals surface area contributed by atoms with Crippen molar-refractivity contribution >= 4 is 29.1 Å². The molecule has 0 aliphatic carbocycles. The number of carbonyl (C=O) groups excluding carboxylic acids is 1. The summed E-state index contributed by atoms with van der Waals surface area (Å²) in [7, 11) is 0. The summed E-state index contributed by atoms with van der Waals surface area (Å²) in [5.41, 5.74) is -0.199. The van der Waals surface area contributed by atoms with Gasteiger partial charge in [-0.1, -0.05) is 17.7 Å². The number of nitrogens with one attached hydrogen (secondary N) is 1. The molecule has 22 heavy (non-hydrogen) atoms. The van der Waals surface area contributed by atoms with Gasteiger partial charge >= 0.3 is 0 Å². The van der Waals surface area contributed by atoms with Gasteiger partial charge in [0.25, 0.3) is 5.91 Å². The lowest BCUT2D eigenvalue weighted by atomic mass is 10.2. The molecule has 0 saturated carbocycles. The highest BCUT2D eigenvalue weighted by molar-refractivity contribution is 6.34. The number of nitrogens with zero attached hydrogens (tertiary/aromatic N) is 3. The van der Waals surface area contributed by atoms with Gasteiger partial charge < -0.3 is 10.2 Å². The van der Waals surface area contributed by atoms with Gasteiger partial charge in [0.15, 0.2) is 11.6 Å². The highest BCUT2D eigenvalue weighted by atomic mass is 35.5. The van der Waals surface area contributed by atoms with E-state index in [1.54, 1.807) is 12.1 Å². The SMILES string of the molecule is O=C(Nc1ccc(N2CCCC2)nn1)c1c(F)cccc1Cl. The monoisotopic (exact) mass is 320 g/mol. The molecule has 0 unspecified atom stereocenters. The average molecular weight is 321 g/mol. The van der Waals surface area contributed by atoms with Crippen LogP contribution in [0.2, 0.25) is 5.02 Å². The second-order valence-corrected chi connectivity index (χ2v) is 5.43. The molecule has 0 bridgehead atoms. The number of hydrogen-bond acceptors (Lipinski definition) is 4. The number of halogens is 2. The third-order valence-electron chi connectivity index (χ3n) is 3.51. The molecule has 1 aliphatic heterocycles. The fourth-order valence-corrected chi connectivity index (χ4v) is 2.65. The fraction of sp³-hybridized carbons (Fsp3) is 0.267. The number of amides is 1. The fourth-order valence-electron chi connectivity index (χ4n) is 2.40. The van der Waals surface area contributed by atoms with Gasteiger partial charge in [-0.25, -0.2) is 4.39 Å². The summed E-state index contributed by atoms with van der Waals surface area (Å²) in [6.07, 6.45) is 2.29.